The van der Waals surface area contributed by atoms with Crippen molar-refractivity contribution in [3.8, 4) is 23.2 Å². The van der Waals surface area contributed by atoms with E-state index in [1.165, 1.54) is 0 Å². The van der Waals surface area contributed by atoms with Gasteiger partial charge in [-0.15, -0.1) is 0 Å². The van der Waals surface area contributed by atoms with Gasteiger partial charge < -0.3 is 4.74 Å². The standard InChI is InChI=1S/C23H17N3O/c1-15-7-9-25-20(11-15)21-13-17(8-10-26-21)19(14-24)23-12-16(2)18-5-3-4-6-22(18)27-23/h3-13H,1-2H3/b23-19-. The SMILES string of the molecule is CC1=C/C(=C(\C#N)c2ccnc(-c3cc(C)ccn3)c2)Oc2ccccc21. The first-order valence-corrected chi connectivity index (χ1v) is 8.65. The van der Waals surface area contributed by atoms with Crippen molar-refractivity contribution in [2.24, 2.45) is 0 Å². The van der Waals surface area contributed by atoms with Crippen LogP contribution in [0.1, 0.15) is 23.6 Å². The van der Waals surface area contributed by atoms with Gasteiger partial charge in [0.1, 0.15) is 23.2 Å². The minimum atomic E-state index is 0.472. The van der Waals surface area contributed by atoms with E-state index in [-0.39, 0.29) is 0 Å². The smallest absolute Gasteiger partial charge is 0.146 e. The Kier molecular flexibility index (Phi) is 4.27. The summed E-state index contributed by atoms with van der Waals surface area (Å²) in [7, 11) is 0. The van der Waals surface area contributed by atoms with Gasteiger partial charge in [0.25, 0.3) is 0 Å². The van der Waals surface area contributed by atoms with Gasteiger partial charge in [-0.1, -0.05) is 18.2 Å². The van der Waals surface area contributed by atoms with Crippen molar-refractivity contribution in [3.05, 3.63) is 89.5 Å². The second-order valence-electron chi connectivity index (χ2n) is 6.42. The highest BCUT2D eigenvalue weighted by molar-refractivity contribution is 5.85. The fraction of sp³-hybridized carbons (Fsp3) is 0.0870. The minimum Gasteiger partial charge on any atom is -0.455 e. The molecule has 0 atom stereocenters. The molecular weight excluding hydrogens is 334 g/mol. The maximum Gasteiger partial charge on any atom is 0.146 e. The first-order chi connectivity index (χ1) is 13.2. The zero-order valence-electron chi connectivity index (χ0n) is 15.1. The average molecular weight is 351 g/mol. The Morgan fingerprint density at radius 1 is 0.963 bits per heavy atom. The van der Waals surface area contributed by atoms with Crippen molar-refractivity contribution in [2.45, 2.75) is 13.8 Å². The van der Waals surface area contributed by atoms with Crippen LogP contribution in [-0.2, 0) is 0 Å². The van der Waals surface area contributed by atoms with Crippen LogP contribution >= 0.6 is 0 Å². The second kappa shape index (κ2) is 6.89. The Morgan fingerprint density at radius 3 is 2.48 bits per heavy atom. The third kappa shape index (κ3) is 3.23. The number of aryl methyl sites for hydroxylation is 1. The van der Waals surface area contributed by atoms with Crippen LogP contribution in [0.2, 0.25) is 0 Å². The molecule has 3 aromatic rings. The van der Waals surface area contributed by atoms with Crippen LogP contribution in [-0.4, -0.2) is 9.97 Å². The molecule has 130 valence electrons. The average Bonchev–Trinajstić information content (AvgIpc) is 2.69. The maximum absolute atomic E-state index is 9.82. The molecule has 0 unspecified atom stereocenters. The Hall–Kier alpha value is -3.71. The molecule has 0 saturated heterocycles. The molecule has 0 fully saturated rings. The van der Waals surface area contributed by atoms with Crippen molar-refractivity contribution in [2.75, 3.05) is 0 Å². The van der Waals surface area contributed by atoms with Gasteiger partial charge >= 0.3 is 0 Å². The number of fused-ring (bicyclic) bond motifs is 1. The third-order valence-corrected chi connectivity index (χ3v) is 4.46. The molecule has 0 N–H and O–H groups in total. The van der Waals surface area contributed by atoms with Crippen LogP contribution in [0.5, 0.6) is 5.75 Å². The lowest BCUT2D eigenvalue weighted by Crippen LogP contribution is -2.04. The van der Waals surface area contributed by atoms with Gasteiger partial charge in [0.2, 0.25) is 0 Å². The molecule has 3 heterocycles. The predicted molar refractivity (Wildman–Crippen MR) is 105 cm³/mol. The van der Waals surface area contributed by atoms with Crippen LogP contribution in [0.25, 0.3) is 22.5 Å². The number of rotatable bonds is 2. The lowest BCUT2D eigenvalue weighted by molar-refractivity contribution is 0.441. The van der Waals surface area contributed by atoms with E-state index < -0.39 is 0 Å². The number of nitriles is 1. The van der Waals surface area contributed by atoms with E-state index in [2.05, 4.69) is 16.0 Å². The summed E-state index contributed by atoms with van der Waals surface area (Å²) in [6.07, 6.45) is 5.36. The molecule has 0 aliphatic carbocycles. The molecule has 0 saturated carbocycles. The molecule has 4 nitrogen and oxygen atoms in total. The molecule has 0 spiro atoms. The number of ether oxygens (including phenoxy) is 1. The van der Waals surface area contributed by atoms with E-state index in [1.54, 1.807) is 12.4 Å². The summed E-state index contributed by atoms with van der Waals surface area (Å²) in [6.45, 7) is 4.03. The van der Waals surface area contributed by atoms with Crippen LogP contribution in [0.15, 0.2) is 72.8 Å². The highest BCUT2D eigenvalue weighted by atomic mass is 16.5. The first kappa shape index (κ1) is 16.7. The predicted octanol–water partition coefficient (Wildman–Crippen LogP) is 5.18. The number of aromatic nitrogens is 2. The molecule has 27 heavy (non-hydrogen) atoms. The number of hydrogen-bond donors (Lipinski definition) is 0. The van der Waals surface area contributed by atoms with E-state index in [4.69, 9.17) is 4.74 Å². The number of hydrogen-bond acceptors (Lipinski definition) is 4. The number of pyridine rings is 2. The molecule has 1 aliphatic rings. The lowest BCUT2D eigenvalue weighted by atomic mass is 9.99. The molecule has 1 aromatic carbocycles. The number of para-hydroxylation sites is 1. The maximum atomic E-state index is 9.82. The van der Waals surface area contributed by atoms with E-state index >= 15 is 0 Å². The normalized spacial score (nSPS) is 14.5. The van der Waals surface area contributed by atoms with Gasteiger partial charge in [-0.3, -0.25) is 9.97 Å². The van der Waals surface area contributed by atoms with Crippen molar-refractivity contribution in [3.63, 3.8) is 0 Å². The Labute approximate surface area is 158 Å². The van der Waals surface area contributed by atoms with Crippen LogP contribution < -0.4 is 4.74 Å². The first-order valence-electron chi connectivity index (χ1n) is 8.65. The molecule has 2 aromatic heterocycles. The second-order valence-corrected chi connectivity index (χ2v) is 6.42. The Morgan fingerprint density at radius 2 is 1.70 bits per heavy atom. The van der Waals surface area contributed by atoms with Crippen LogP contribution in [0, 0.1) is 18.3 Å². The quantitative estimate of drug-likeness (QED) is 0.597. The summed E-state index contributed by atoms with van der Waals surface area (Å²) in [5.41, 5.74) is 5.94. The van der Waals surface area contributed by atoms with Crippen LogP contribution in [0.4, 0.5) is 0 Å². The van der Waals surface area contributed by atoms with Crippen molar-refractivity contribution < 1.29 is 4.74 Å². The van der Waals surface area contributed by atoms with Gasteiger partial charge in [0.15, 0.2) is 0 Å². The van der Waals surface area contributed by atoms with E-state index in [0.29, 0.717) is 11.3 Å². The van der Waals surface area contributed by atoms with Gasteiger partial charge in [0, 0.05) is 18.0 Å². The molecule has 4 heteroatoms. The van der Waals surface area contributed by atoms with E-state index in [0.717, 1.165) is 39.4 Å². The zero-order valence-corrected chi connectivity index (χ0v) is 15.1. The van der Waals surface area contributed by atoms with Gasteiger partial charge in [-0.05, 0) is 67.0 Å². The molecule has 4 rings (SSSR count). The number of allylic oxidation sites excluding steroid dienone is 3. The Balaban J connectivity index is 1.81. The molecule has 0 radical (unpaired) electrons. The topological polar surface area (TPSA) is 58.8 Å². The molecule has 0 bridgehead atoms. The summed E-state index contributed by atoms with van der Waals surface area (Å²) in [6, 6.07) is 17.7. The fourth-order valence-electron chi connectivity index (χ4n) is 3.09. The minimum absolute atomic E-state index is 0.472. The summed E-state index contributed by atoms with van der Waals surface area (Å²) in [4.78, 5) is 8.80. The summed E-state index contributed by atoms with van der Waals surface area (Å²) < 4.78 is 6.02. The third-order valence-electron chi connectivity index (χ3n) is 4.46. The van der Waals surface area contributed by atoms with Gasteiger partial charge in [-0.25, -0.2) is 0 Å². The van der Waals surface area contributed by atoms with Crippen LogP contribution in [0.3, 0.4) is 0 Å². The summed E-state index contributed by atoms with van der Waals surface area (Å²) in [5.74, 6) is 1.30. The molecule has 1 aliphatic heterocycles. The molecule has 0 amide bonds. The van der Waals surface area contributed by atoms with E-state index in [9.17, 15) is 5.26 Å². The highest BCUT2D eigenvalue weighted by Gasteiger charge is 2.18. The molecular formula is C23H17N3O. The Bertz CT molecular complexity index is 1140. The lowest BCUT2D eigenvalue weighted by Gasteiger charge is -2.19. The number of nitrogens with zero attached hydrogens (tertiary/aromatic N) is 3. The summed E-state index contributed by atoms with van der Waals surface area (Å²) in [5, 5.41) is 9.82. The largest absolute Gasteiger partial charge is 0.455 e. The number of benzene rings is 1. The summed E-state index contributed by atoms with van der Waals surface area (Å²) >= 11 is 0. The zero-order chi connectivity index (χ0) is 18.8. The fourth-order valence-corrected chi connectivity index (χ4v) is 3.09. The van der Waals surface area contributed by atoms with Crippen molar-refractivity contribution >= 4 is 11.1 Å². The van der Waals surface area contributed by atoms with Gasteiger partial charge in [0.05, 0.1) is 11.4 Å². The van der Waals surface area contributed by atoms with E-state index in [1.807, 2.05) is 68.5 Å². The highest BCUT2D eigenvalue weighted by Crippen LogP contribution is 2.35. The van der Waals surface area contributed by atoms with Crippen molar-refractivity contribution in [1.29, 1.82) is 5.26 Å². The van der Waals surface area contributed by atoms with Crippen molar-refractivity contribution in [1.82, 2.24) is 9.97 Å². The monoisotopic (exact) mass is 351 g/mol. The van der Waals surface area contributed by atoms with Gasteiger partial charge in [-0.2, -0.15) is 5.26 Å².